The van der Waals surface area contributed by atoms with Crippen LogP contribution in [0.3, 0.4) is 0 Å². The van der Waals surface area contributed by atoms with E-state index in [2.05, 4.69) is 5.32 Å². The molecule has 1 aromatic carbocycles. The highest BCUT2D eigenvalue weighted by Crippen LogP contribution is 2.36. The molecule has 0 spiro atoms. The summed E-state index contributed by atoms with van der Waals surface area (Å²) in [6.45, 7) is 1.86. The number of thiocarbonyl (C=S) groups is 1. The maximum atomic E-state index is 11.8. The molecule has 9 heteroatoms. The molecule has 1 N–H and O–H groups in total. The standard InChI is InChI=1S/C12H10N2O5S2/c1-2-19-8-4-6(3-7(10(8)15)14(17)18)5-9-11(16)13-12(20)21-9/h3-5,15H,2H2,1H3,(H,13,16,20)/p-1/b9-5+. The number of nitrogens with zero attached hydrogens (tertiary/aromatic N) is 1. The number of carbonyl (C=O) groups is 1. The van der Waals surface area contributed by atoms with E-state index in [1.165, 1.54) is 12.1 Å². The van der Waals surface area contributed by atoms with E-state index in [-0.39, 0.29) is 18.3 Å². The van der Waals surface area contributed by atoms with Crippen molar-refractivity contribution < 1.29 is 19.6 Å². The van der Waals surface area contributed by atoms with Gasteiger partial charge >= 0.3 is 0 Å². The van der Waals surface area contributed by atoms with Crippen molar-refractivity contribution in [2.24, 2.45) is 0 Å². The van der Waals surface area contributed by atoms with E-state index in [4.69, 9.17) is 17.0 Å². The summed E-state index contributed by atoms with van der Waals surface area (Å²) in [5.74, 6) is -1.29. The van der Waals surface area contributed by atoms with E-state index in [1.807, 2.05) is 0 Å². The van der Waals surface area contributed by atoms with Crippen LogP contribution in [-0.2, 0) is 4.79 Å². The zero-order valence-corrected chi connectivity index (χ0v) is 12.4. The van der Waals surface area contributed by atoms with E-state index >= 15 is 0 Å². The van der Waals surface area contributed by atoms with Crippen LogP contribution >= 0.6 is 24.0 Å². The van der Waals surface area contributed by atoms with Gasteiger partial charge in [0.15, 0.2) is 0 Å². The molecule has 0 atom stereocenters. The predicted molar refractivity (Wildman–Crippen MR) is 80.0 cm³/mol. The highest BCUT2D eigenvalue weighted by molar-refractivity contribution is 8.26. The number of rotatable bonds is 4. The molecular weight excluding hydrogens is 316 g/mol. The third-order valence-corrected chi connectivity index (χ3v) is 3.66. The predicted octanol–water partition coefficient (Wildman–Crippen LogP) is 1.56. The van der Waals surface area contributed by atoms with Gasteiger partial charge in [-0.1, -0.05) is 24.0 Å². The molecule has 0 aliphatic carbocycles. The molecule has 0 aromatic heterocycles. The fourth-order valence-electron chi connectivity index (χ4n) is 1.66. The third kappa shape index (κ3) is 3.31. The molecule has 0 radical (unpaired) electrons. The van der Waals surface area contributed by atoms with E-state index in [9.17, 15) is 20.0 Å². The van der Waals surface area contributed by atoms with Gasteiger partial charge in [-0.05, 0) is 24.6 Å². The van der Waals surface area contributed by atoms with Crippen LogP contribution < -0.4 is 15.2 Å². The lowest BCUT2D eigenvalue weighted by molar-refractivity contribution is -0.398. The highest BCUT2D eigenvalue weighted by Gasteiger charge is 2.22. The Morgan fingerprint density at radius 2 is 2.24 bits per heavy atom. The van der Waals surface area contributed by atoms with E-state index in [1.54, 1.807) is 6.92 Å². The maximum absolute atomic E-state index is 11.8. The minimum Gasteiger partial charge on any atom is -0.865 e. The van der Waals surface area contributed by atoms with Gasteiger partial charge in [-0.25, -0.2) is 0 Å². The number of nitro groups is 1. The summed E-state index contributed by atoms with van der Waals surface area (Å²) in [6.07, 6.45) is 1.42. The molecule has 1 aromatic rings. The first-order valence-electron chi connectivity index (χ1n) is 5.79. The maximum Gasteiger partial charge on any atom is 0.266 e. The second-order valence-corrected chi connectivity index (χ2v) is 5.63. The van der Waals surface area contributed by atoms with Gasteiger partial charge in [0.25, 0.3) is 11.6 Å². The van der Waals surface area contributed by atoms with Crippen molar-refractivity contribution in [2.45, 2.75) is 6.92 Å². The largest absolute Gasteiger partial charge is 0.865 e. The number of ether oxygens (including phenoxy) is 1. The molecular formula is C12H9N2O5S2-. The smallest absolute Gasteiger partial charge is 0.266 e. The first kappa shape index (κ1) is 15.3. The van der Waals surface area contributed by atoms with Crippen LogP contribution in [0, 0.1) is 10.1 Å². The van der Waals surface area contributed by atoms with Gasteiger partial charge in [0, 0.05) is 11.8 Å². The van der Waals surface area contributed by atoms with Crippen LogP contribution in [0.15, 0.2) is 17.0 Å². The Morgan fingerprint density at radius 3 is 2.76 bits per heavy atom. The van der Waals surface area contributed by atoms with Crippen molar-refractivity contribution in [1.29, 1.82) is 0 Å². The summed E-state index contributed by atoms with van der Waals surface area (Å²) in [5.41, 5.74) is -0.272. The number of nitrogens with one attached hydrogen (secondary N) is 1. The Kier molecular flexibility index (Phi) is 4.43. The fraction of sp³-hybridized carbons (Fsp3) is 0.167. The van der Waals surface area contributed by atoms with Gasteiger partial charge in [-0.3, -0.25) is 14.9 Å². The van der Waals surface area contributed by atoms with Crippen molar-refractivity contribution in [2.75, 3.05) is 6.61 Å². The van der Waals surface area contributed by atoms with Gasteiger partial charge in [0.05, 0.1) is 16.4 Å². The first-order valence-corrected chi connectivity index (χ1v) is 7.02. The van der Waals surface area contributed by atoms with Crippen LogP contribution in [0.5, 0.6) is 11.5 Å². The molecule has 1 aliphatic heterocycles. The molecule has 1 amide bonds. The summed E-state index contributed by atoms with van der Waals surface area (Å²) in [6, 6.07) is 2.47. The average Bonchev–Trinajstić information content (AvgIpc) is 2.71. The molecule has 21 heavy (non-hydrogen) atoms. The van der Waals surface area contributed by atoms with Crippen LogP contribution in [0.25, 0.3) is 6.08 Å². The Bertz CT molecular complexity index is 672. The summed E-state index contributed by atoms with van der Waals surface area (Å²) >= 11 is 5.90. The van der Waals surface area contributed by atoms with E-state index in [0.29, 0.717) is 14.8 Å². The zero-order chi connectivity index (χ0) is 15.6. The first-order chi connectivity index (χ1) is 9.92. The van der Waals surface area contributed by atoms with Gasteiger partial charge in [-0.2, -0.15) is 0 Å². The number of carbonyl (C=O) groups excluding carboxylic acids is 1. The molecule has 1 aliphatic rings. The number of hydrogen-bond acceptors (Lipinski definition) is 7. The second kappa shape index (κ2) is 6.10. The number of benzene rings is 1. The second-order valence-electron chi connectivity index (χ2n) is 3.91. The average molecular weight is 325 g/mol. The highest BCUT2D eigenvalue weighted by atomic mass is 32.2. The Balaban J connectivity index is 2.49. The summed E-state index contributed by atoms with van der Waals surface area (Å²) in [4.78, 5) is 22.0. The molecule has 0 saturated carbocycles. The molecule has 2 rings (SSSR count). The summed E-state index contributed by atoms with van der Waals surface area (Å²) < 4.78 is 5.41. The van der Waals surface area contributed by atoms with Crippen molar-refractivity contribution in [3.63, 3.8) is 0 Å². The zero-order valence-electron chi connectivity index (χ0n) is 10.7. The van der Waals surface area contributed by atoms with Gasteiger partial charge in [0.1, 0.15) is 10.1 Å². The molecule has 0 bridgehead atoms. The molecule has 1 saturated heterocycles. The lowest BCUT2D eigenvalue weighted by atomic mass is 10.1. The number of amides is 1. The lowest BCUT2D eigenvalue weighted by Crippen LogP contribution is -2.17. The minimum atomic E-state index is -0.789. The van der Waals surface area contributed by atoms with Gasteiger partial charge in [0.2, 0.25) is 0 Å². The van der Waals surface area contributed by atoms with Crippen molar-refractivity contribution >= 4 is 46.0 Å². The van der Waals surface area contributed by atoms with Crippen LogP contribution in [0.2, 0.25) is 0 Å². The van der Waals surface area contributed by atoms with Gasteiger partial charge in [-0.15, -0.1) is 0 Å². The van der Waals surface area contributed by atoms with Crippen LogP contribution in [0.4, 0.5) is 5.69 Å². The molecule has 110 valence electrons. The lowest BCUT2D eigenvalue weighted by Gasteiger charge is -2.14. The van der Waals surface area contributed by atoms with Crippen molar-refractivity contribution in [3.8, 4) is 11.5 Å². The quantitative estimate of drug-likeness (QED) is 0.387. The normalized spacial score (nSPS) is 16.1. The van der Waals surface area contributed by atoms with E-state index < -0.39 is 16.4 Å². The van der Waals surface area contributed by atoms with Crippen LogP contribution in [-0.4, -0.2) is 21.8 Å². The monoisotopic (exact) mass is 325 g/mol. The van der Waals surface area contributed by atoms with Gasteiger partial charge < -0.3 is 15.2 Å². The molecule has 7 nitrogen and oxygen atoms in total. The summed E-state index contributed by atoms with van der Waals surface area (Å²) in [5, 5.41) is 25.2. The third-order valence-electron chi connectivity index (χ3n) is 2.49. The fourth-order valence-corrected chi connectivity index (χ4v) is 2.71. The van der Waals surface area contributed by atoms with Crippen molar-refractivity contribution in [1.82, 2.24) is 5.32 Å². The molecule has 0 unspecified atom stereocenters. The summed E-state index contributed by atoms with van der Waals surface area (Å²) in [7, 11) is 0. The Morgan fingerprint density at radius 1 is 1.52 bits per heavy atom. The topological polar surface area (TPSA) is 105 Å². The van der Waals surface area contributed by atoms with Crippen molar-refractivity contribution in [3.05, 3.63) is 32.7 Å². The number of thioether (sulfide) groups is 1. The number of hydrogen-bond donors (Lipinski definition) is 1. The Hall–Kier alpha value is -2.13. The number of nitro benzene ring substituents is 1. The molecule has 1 fully saturated rings. The molecule has 1 heterocycles. The SMILES string of the molecule is CCOc1cc(/C=C2/SC(=S)NC2=O)cc([N+](=O)[O-])c1[O-]. The minimum absolute atomic E-state index is 0.121. The Labute approximate surface area is 129 Å². The van der Waals surface area contributed by atoms with Crippen LogP contribution in [0.1, 0.15) is 12.5 Å². The van der Waals surface area contributed by atoms with E-state index in [0.717, 1.165) is 17.8 Å².